The van der Waals surface area contributed by atoms with Gasteiger partial charge in [-0.05, 0) is 24.6 Å². The van der Waals surface area contributed by atoms with Crippen LogP contribution >= 0.6 is 23.4 Å². The first kappa shape index (κ1) is 9.10. The van der Waals surface area contributed by atoms with Gasteiger partial charge in [-0.15, -0.1) is 11.8 Å². The van der Waals surface area contributed by atoms with E-state index in [1.807, 2.05) is 18.2 Å². The Bertz CT molecular complexity index is 362. The summed E-state index contributed by atoms with van der Waals surface area (Å²) in [7, 11) is 0. The van der Waals surface area contributed by atoms with E-state index in [4.69, 9.17) is 11.6 Å². The van der Waals surface area contributed by atoms with Crippen LogP contribution in [0.3, 0.4) is 0 Å². The molecule has 0 saturated carbocycles. The van der Waals surface area contributed by atoms with E-state index in [2.05, 4.69) is 0 Å². The fraction of sp³-hybridized carbons (Fsp3) is 0.300. The van der Waals surface area contributed by atoms with Crippen molar-refractivity contribution in [1.82, 2.24) is 0 Å². The zero-order chi connectivity index (χ0) is 9.42. The van der Waals surface area contributed by atoms with Gasteiger partial charge < -0.3 is 0 Å². The Balaban J connectivity index is 2.52. The third-order valence-corrected chi connectivity index (χ3v) is 3.75. The van der Waals surface area contributed by atoms with Gasteiger partial charge >= 0.3 is 0 Å². The van der Waals surface area contributed by atoms with Crippen LogP contribution in [0.2, 0.25) is 5.02 Å². The first-order valence-electron chi connectivity index (χ1n) is 4.12. The summed E-state index contributed by atoms with van der Waals surface area (Å²) < 4.78 is 0. The molecule has 2 rings (SSSR count). The van der Waals surface area contributed by atoms with Crippen LogP contribution in [0.5, 0.6) is 0 Å². The maximum Gasteiger partial charge on any atom is 0.138 e. The molecule has 13 heavy (non-hydrogen) atoms. The Morgan fingerprint density at radius 2 is 2.38 bits per heavy atom. The third-order valence-electron chi connectivity index (χ3n) is 2.26. The van der Waals surface area contributed by atoms with Crippen LogP contribution in [-0.4, -0.2) is 11.5 Å². The van der Waals surface area contributed by atoms with E-state index in [1.54, 1.807) is 18.7 Å². The molecule has 0 bridgehead atoms. The molecule has 0 spiro atoms. The molecule has 0 aliphatic carbocycles. The quantitative estimate of drug-likeness (QED) is 0.712. The minimum atomic E-state index is 0.00806. The lowest BCUT2D eigenvalue weighted by atomic mass is 9.98. The summed E-state index contributed by atoms with van der Waals surface area (Å²) >= 11 is 7.76. The molecule has 0 saturated heterocycles. The number of carbonyl (C=O) groups excluding carboxylic acids is 1. The minimum Gasteiger partial charge on any atom is -0.299 e. The van der Waals surface area contributed by atoms with E-state index >= 15 is 0 Å². The summed E-state index contributed by atoms with van der Waals surface area (Å²) in [5.74, 6) is 1.06. The lowest BCUT2D eigenvalue weighted by molar-refractivity contribution is -0.117. The molecule has 1 atom stereocenters. The number of benzene rings is 1. The molecule has 0 amide bonds. The highest BCUT2D eigenvalue weighted by atomic mass is 35.5. The molecule has 1 aliphatic rings. The van der Waals surface area contributed by atoms with Crippen LogP contribution in [0.4, 0.5) is 0 Å². The zero-order valence-corrected chi connectivity index (χ0v) is 8.78. The summed E-state index contributed by atoms with van der Waals surface area (Å²) in [5, 5.41) is 0.725. The second kappa shape index (κ2) is 3.35. The molecule has 68 valence electrons. The van der Waals surface area contributed by atoms with Gasteiger partial charge in [-0.3, -0.25) is 4.79 Å². The number of carbonyl (C=O) groups is 1. The molecule has 0 radical (unpaired) electrons. The van der Waals surface area contributed by atoms with Crippen LogP contribution in [0.25, 0.3) is 0 Å². The second-order valence-corrected chi connectivity index (χ2v) is 4.59. The molecular weight excluding hydrogens is 204 g/mol. The van der Waals surface area contributed by atoms with Gasteiger partial charge in [0.05, 0.1) is 5.92 Å². The molecule has 1 aromatic rings. The van der Waals surface area contributed by atoms with Gasteiger partial charge in [-0.2, -0.15) is 0 Å². The summed E-state index contributed by atoms with van der Waals surface area (Å²) in [6.07, 6.45) is 0. The Morgan fingerprint density at radius 1 is 1.62 bits per heavy atom. The number of hydrogen-bond donors (Lipinski definition) is 0. The van der Waals surface area contributed by atoms with Crippen molar-refractivity contribution < 1.29 is 4.79 Å². The summed E-state index contributed by atoms with van der Waals surface area (Å²) in [4.78, 5) is 12.4. The topological polar surface area (TPSA) is 17.1 Å². The van der Waals surface area contributed by atoms with Crippen molar-refractivity contribution >= 4 is 29.1 Å². The lowest BCUT2D eigenvalue weighted by Gasteiger charge is -2.07. The number of halogens is 1. The minimum absolute atomic E-state index is 0.00806. The normalized spacial score (nSPS) is 20.0. The zero-order valence-electron chi connectivity index (χ0n) is 7.21. The highest BCUT2D eigenvalue weighted by Crippen LogP contribution is 2.43. The van der Waals surface area contributed by atoms with Crippen LogP contribution in [-0.2, 0) is 4.79 Å². The highest BCUT2D eigenvalue weighted by molar-refractivity contribution is 7.99. The van der Waals surface area contributed by atoms with Gasteiger partial charge in [-0.1, -0.05) is 17.7 Å². The maximum absolute atomic E-state index is 11.3. The van der Waals surface area contributed by atoms with Crippen molar-refractivity contribution in [2.45, 2.75) is 17.7 Å². The first-order chi connectivity index (χ1) is 6.20. The van der Waals surface area contributed by atoms with Crippen molar-refractivity contribution in [1.29, 1.82) is 0 Å². The molecule has 0 N–H and O–H groups in total. The highest BCUT2D eigenvalue weighted by Gasteiger charge is 2.28. The van der Waals surface area contributed by atoms with E-state index in [0.29, 0.717) is 0 Å². The smallest absolute Gasteiger partial charge is 0.138 e. The Morgan fingerprint density at radius 3 is 3.08 bits per heavy atom. The molecule has 1 nitrogen and oxygen atoms in total. The molecule has 3 heteroatoms. The predicted octanol–water partition coefficient (Wildman–Crippen LogP) is 3.12. The number of ketones is 1. The second-order valence-electron chi connectivity index (χ2n) is 3.13. The molecule has 0 fully saturated rings. The van der Waals surface area contributed by atoms with E-state index < -0.39 is 0 Å². The first-order valence-corrected chi connectivity index (χ1v) is 5.48. The molecule has 1 aliphatic heterocycles. The van der Waals surface area contributed by atoms with Gasteiger partial charge in [0, 0.05) is 15.7 Å². The lowest BCUT2D eigenvalue weighted by Crippen LogP contribution is -2.07. The van der Waals surface area contributed by atoms with Crippen molar-refractivity contribution in [3.63, 3.8) is 0 Å². The van der Waals surface area contributed by atoms with Gasteiger partial charge in [0.2, 0.25) is 0 Å². The average Bonchev–Trinajstić information content (AvgIpc) is 2.49. The molecule has 0 aromatic heterocycles. The number of Topliss-reactive ketones (excluding diaryl/α,β-unsaturated/α-hetero) is 1. The van der Waals surface area contributed by atoms with Crippen LogP contribution < -0.4 is 0 Å². The van der Waals surface area contributed by atoms with Crippen LogP contribution in [0, 0.1) is 0 Å². The number of fused-ring (bicyclic) bond motifs is 1. The standard InChI is InChI=1S/C10H9ClOS/c1-6(12)7-5-13-9-4-2-3-8(11)10(7)9/h2-4,7H,5H2,1H3. The Labute approximate surface area is 86.5 Å². The van der Waals surface area contributed by atoms with Crippen LogP contribution in [0.15, 0.2) is 23.1 Å². The van der Waals surface area contributed by atoms with Gasteiger partial charge in [0.1, 0.15) is 5.78 Å². The number of thioether (sulfide) groups is 1. The summed E-state index contributed by atoms with van der Waals surface area (Å²) in [6.45, 7) is 1.63. The Hall–Kier alpha value is -0.470. The van der Waals surface area contributed by atoms with Crippen molar-refractivity contribution in [2.24, 2.45) is 0 Å². The largest absolute Gasteiger partial charge is 0.299 e. The maximum atomic E-state index is 11.3. The van der Waals surface area contributed by atoms with Crippen molar-refractivity contribution in [3.05, 3.63) is 28.8 Å². The van der Waals surface area contributed by atoms with Gasteiger partial charge in [-0.25, -0.2) is 0 Å². The fourth-order valence-electron chi connectivity index (χ4n) is 1.56. The summed E-state index contributed by atoms with van der Waals surface area (Å²) in [5.41, 5.74) is 1.03. The average molecular weight is 213 g/mol. The SMILES string of the molecule is CC(=O)C1CSc2cccc(Cl)c21. The predicted molar refractivity (Wildman–Crippen MR) is 55.6 cm³/mol. The van der Waals surface area contributed by atoms with Crippen molar-refractivity contribution in [3.8, 4) is 0 Å². The molecular formula is C10H9ClOS. The molecule has 1 unspecified atom stereocenters. The van der Waals surface area contributed by atoms with E-state index in [-0.39, 0.29) is 11.7 Å². The number of rotatable bonds is 1. The van der Waals surface area contributed by atoms with Crippen LogP contribution in [0.1, 0.15) is 18.4 Å². The van der Waals surface area contributed by atoms with Gasteiger partial charge in [0.15, 0.2) is 0 Å². The third kappa shape index (κ3) is 1.49. The number of hydrogen-bond acceptors (Lipinski definition) is 2. The van der Waals surface area contributed by atoms with E-state index in [0.717, 1.165) is 21.2 Å². The molecule has 1 heterocycles. The fourth-order valence-corrected chi connectivity index (χ4v) is 3.25. The van der Waals surface area contributed by atoms with Crippen molar-refractivity contribution in [2.75, 3.05) is 5.75 Å². The van der Waals surface area contributed by atoms with E-state index in [9.17, 15) is 4.79 Å². The van der Waals surface area contributed by atoms with E-state index in [1.165, 1.54) is 0 Å². The summed E-state index contributed by atoms with van der Waals surface area (Å²) in [6, 6.07) is 5.80. The Kier molecular flexibility index (Phi) is 2.35. The van der Waals surface area contributed by atoms with Gasteiger partial charge in [0.25, 0.3) is 0 Å². The monoisotopic (exact) mass is 212 g/mol. The molecule has 1 aromatic carbocycles.